The van der Waals surface area contributed by atoms with Gasteiger partial charge in [-0.05, 0) is 34.6 Å². The molecule has 0 bridgehead atoms. The van der Waals surface area contributed by atoms with Crippen molar-refractivity contribution in [1.29, 1.82) is 0 Å². The molecule has 0 unspecified atom stereocenters. The van der Waals surface area contributed by atoms with Gasteiger partial charge in [0, 0.05) is 22.5 Å². The molecule has 194 valence electrons. The Bertz CT molecular complexity index is 1450. The largest absolute Gasteiger partial charge is 0.444 e. The van der Waals surface area contributed by atoms with E-state index in [0.717, 1.165) is 16.9 Å². The molecule has 12 nitrogen and oxygen atoms in total. The lowest BCUT2D eigenvalue weighted by Gasteiger charge is -2.30. The maximum atomic E-state index is 13.3. The summed E-state index contributed by atoms with van der Waals surface area (Å²) in [6.07, 6.45) is 0.0359. The number of carbonyl (C=O) groups is 5. The molecule has 1 aliphatic rings. The van der Waals surface area contributed by atoms with E-state index >= 15 is 0 Å². The van der Waals surface area contributed by atoms with Crippen LogP contribution in [0.5, 0.6) is 0 Å². The standard InChI is InChI=1S/C24H25N5O7S/c1-23(2,3)35-21(33)25-9-16(30)27-28-19(32)15-11-37-20(26-15)18(31)13-10-29-17-12(13)7-6-8-14(17)24(4,5)36-22(29)34/h6-8,10-11H,9H2,1-5H3,(H,25,33)(H,27,30)(H,28,32). The maximum Gasteiger partial charge on any atom is 0.419 e. The van der Waals surface area contributed by atoms with Gasteiger partial charge < -0.3 is 14.8 Å². The smallest absolute Gasteiger partial charge is 0.419 e. The zero-order valence-corrected chi connectivity index (χ0v) is 21.6. The van der Waals surface area contributed by atoms with Crippen molar-refractivity contribution in [2.75, 3.05) is 6.54 Å². The van der Waals surface area contributed by atoms with Crippen molar-refractivity contribution in [2.24, 2.45) is 0 Å². The van der Waals surface area contributed by atoms with E-state index in [0.29, 0.717) is 10.9 Å². The van der Waals surface area contributed by atoms with Gasteiger partial charge in [-0.25, -0.2) is 14.6 Å². The molecule has 0 radical (unpaired) electrons. The number of amides is 3. The van der Waals surface area contributed by atoms with Crippen LogP contribution in [0.1, 0.15) is 66.0 Å². The molecule has 0 atom stereocenters. The molecule has 13 heteroatoms. The number of cyclic esters (lactones) is 1. The van der Waals surface area contributed by atoms with Gasteiger partial charge in [0.05, 0.1) is 11.1 Å². The van der Waals surface area contributed by atoms with E-state index in [1.165, 1.54) is 16.1 Å². The van der Waals surface area contributed by atoms with E-state index in [1.54, 1.807) is 46.8 Å². The van der Waals surface area contributed by atoms with Crippen LogP contribution in [0.3, 0.4) is 0 Å². The average molecular weight is 528 g/mol. The van der Waals surface area contributed by atoms with Crippen molar-refractivity contribution >= 4 is 52.0 Å². The van der Waals surface area contributed by atoms with Crippen molar-refractivity contribution in [1.82, 2.24) is 25.7 Å². The third-order valence-corrected chi connectivity index (χ3v) is 6.14. The highest BCUT2D eigenvalue weighted by molar-refractivity contribution is 7.12. The SMILES string of the molecule is CC(C)(C)OC(=O)NCC(=O)NNC(=O)c1csc(C(=O)c2cn3c4c(cccc24)C(C)(C)OC3=O)n1. The van der Waals surface area contributed by atoms with Crippen LogP contribution < -0.4 is 16.2 Å². The van der Waals surface area contributed by atoms with Gasteiger partial charge in [-0.15, -0.1) is 11.3 Å². The molecule has 0 fully saturated rings. The first-order chi connectivity index (χ1) is 17.3. The van der Waals surface area contributed by atoms with Crippen LogP contribution in [-0.2, 0) is 19.9 Å². The molecule has 4 rings (SSSR count). The quantitative estimate of drug-likeness (QED) is 0.338. The molecule has 1 aliphatic heterocycles. The summed E-state index contributed by atoms with van der Waals surface area (Å²) in [5.41, 5.74) is 4.24. The second-order valence-electron chi connectivity index (χ2n) is 9.72. The Hall–Kier alpha value is -4.26. The Kier molecular flexibility index (Phi) is 6.50. The minimum atomic E-state index is -0.857. The summed E-state index contributed by atoms with van der Waals surface area (Å²) < 4.78 is 11.8. The van der Waals surface area contributed by atoms with Crippen LogP contribution >= 0.6 is 11.3 Å². The number of carbonyl (C=O) groups excluding carboxylic acids is 5. The number of hydrogen-bond donors (Lipinski definition) is 3. The van der Waals surface area contributed by atoms with Crippen LogP contribution in [0, 0.1) is 0 Å². The second-order valence-corrected chi connectivity index (χ2v) is 10.6. The Morgan fingerprint density at radius 1 is 1.16 bits per heavy atom. The first-order valence-corrected chi connectivity index (χ1v) is 12.1. The normalized spacial score (nSPS) is 14.0. The highest BCUT2D eigenvalue weighted by atomic mass is 32.1. The summed E-state index contributed by atoms with van der Waals surface area (Å²) >= 11 is 0.947. The molecule has 3 N–H and O–H groups in total. The van der Waals surface area contributed by atoms with Gasteiger partial charge in [0.25, 0.3) is 11.8 Å². The van der Waals surface area contributed by atoms with Gasteiger partial charge in [0.2, 0.25) is 5.78 Å². The van der Waals surface area contributed by atoms with E-state index in [2.05, 4.69) is 21.2 Å². The van der Waals surface area contributed by atoms with Gasteiger partial charge in [0.1, 0.15) is 23.4 Å². The van der Waals surface area contributed by atoms with Crippen molar-refractivity contribution in [3.05, 3.63) is 51.6 Å². The molecule has 37 heavy (non-hydrogen) atoms. The van der Waals surface area contributed by atoms with Gasteiger partial charge in [0.15, 0.2) is 5.01 Å². The van der Waals surface area contributed by atoms with Gasteiger partial charge in [-0.1, -0.05) is 18.2 Å². The van der Waals surface area contributed by atoms with Crippen LogP contribution in [-0.4, -0.2) is 51.5 Å². The Morgan fingerprint density at radius 2 is 1.89 bits per heavy atom. The highest BCUT2D eigenvalue weighted by Gasteiger charge is 2.36. The first-order valence-electron chi connectivity index (χ1n) is 11.2. The zero-order chi connectivity index (χ0) is 27.1. The minimum Gasteiger partial charge on any atom is -0.444 e. The fraction of sp³-hybridized carbons (Fsp3) is 0.333. The predicted molar refractivity (Wildman–Crippen MR) is 132 cm³/mol. The van der Waals surface area contributed by atoms with Gasteiger partial charge in [-0.3, -0.25) is 29.8 Å². The number of nitrogens with one attached hydrogen (secondary N) is 3. The number of ether oxygens (including phenoxy) is 2. The maximum absolute atomic E-state index is 13.3. The molecule has 3 heterocycles. The summed E-state index contributed by atoms with van der Waals surface area (Å²) in [6.45, 7) is 8.16. The predicted octanol–water partition coefficient (Wildman–Crippen LogP) is 2.85. The molecule has 0 saturated heterocycles. The molecule has 1 aromatic carbocycles. The lowest BCUT2D eigenvalue weighted by Crippen LogP contribution is -2.47. The van der Waals surface area contributed by atoms with E-state index in [9.17, 15) is 24.0 Å². The van der Waals surface area contributed by atoms with Gasteiger partial charge in [-0.2, -0.15) is 0 Å². The van der Waals surface area contributed by atoms with Crippen LogP contribution in [0.2, 0.25) is 0 Å². The van der Waals surface area contributed by atoms with E-state index in [1.807, 2.05) is 6.07 Å². The summed E-state index contributed by atoms with van der Waals surface area (Å²) in [4.78, 5) is 65.8. The number of alkyl carbamates (subject to hydrolysis) is 1. The van der Waals surface area contributed by atoms with Crippen LogP contribution in [0.4, 0.5) is 9.59 Å². The summed E-state index contributed by atoms with van der Waals surface area (Å²) in [7, 11) is 0. The fourth-order valence-electron chi connectivity index (χ4n) is 3.72. The third kappa shape index (κ3) is 5.31. The van der Waals surface area contributed by atoms with Crippen LogP contribution in [0.25, 0.3) is 10.9 Å². The second kappa shape index (κ2) is 9.32. The topological polar surface area (TPSA) is 158 Å². The van der Waals surface area contributed by atoms with Gasteiger partial charge >= 0.3 is 12.2 Å². The van der Waals surface area contributed by atoms with E-state index in [-0.39, 0.29) is 16.3 Å². The lowest BCUT2D eigenvalue weighted by molar-refractivity contribution is -0.121. The number of thiazole rings is 1. The summed E-state index contributed by atoms with van der Waals surface area (Å²) in [6, 6.07) is 5.35. The molecule has 0 aliphatic carbocycles. The van der Waals surface area contributed by atoms with Crippen LogP contribution in [0.15, 0.2) is 29.8 Å². The number of hydrogen-bond acceptors (Lipinski definition) is 9. The monoisotopic (exact) mass is 527 g/mol. The minimum absolute atomic E-state index is 0.0272. The molecule has 0 saturated carbocycles. The summed E-state index contributed by atoms with van der Waals surface area (Å²) in [5, 5.41) is 4.22. The number of nitrogens with zero attached hydrogens (tertiary/aromatic N) is 2. The van der Waals surface area contributed by atoms with Crippen molar-refractivity contribution < 1.29 is 33.4 Å². The average Bonchev–Trinajstić information content (AvgIpc) is 3.44. The molecule has 0 spiro atoms. The number of hydrazine groups is 1. The molecular formula is C24H25N5O7S. The lowest BCUT2D eigenvalue weighted by atomic mass is 9.94. The number of aromatic nitrogens is 2. The van der Waals surface area contributed by atoms with Crippen molar-refractivity contribution in [2.45, 2.75) is 45.8 Å². The first kappa shape index (κ1) is 25.8. The third-order valence-electron chi connectivity index (χ3n) is 5.30. The fourth-order valence-corrected chi connectivity index (χ4v) is 4.47. The number of rotatable bonds is 5. The number of ketones is 1. The Balaban J connectivity index is 1.43. The number of benzene rings is 1. The molecular weight excluding hydrogens is 502 g/mol. The zero-order valence-electron chi connectivity index (χ0n) is 20.8. The molecule has 3 amide bonds. The Morgan fingerprint density at radius 3 is 2.59 bits per heavy atom. The van der Waals surface area contributed by atoms with E-state index in [4.69, 9.17) is 9.47 Å². The van der Waals surface area contributed by atoms with E-state index < -0.39 is 47.5 Å². The van der Waals surface area contributed by atoms with Crippen molar-refractivity contribution in [3.63, 3.8) is 0 Å². The Labute approximate surface area is 215 Å². The number of para-hydroxylation sites is 1. The summed E-state index contributed by atoms with van der Waals surface area (Å²) in [5.74, 6) is -1.92. The molecule has 2 aromatic heterocycles. The molecule has 3 aromatic rings. The van der Waals surface area contributed by atoms with Crippen molar-refractivity contribution in [3.8, 4) is 0 Å². The highest BCUT2D eigenvalue weighted by Crippen LogP contribution is 2.38.